The highest BCUT2D eigenvalue weighted by Gasteiger charge is 1.96. The minimum atomic E-state index is -0.935. The highest BCUT2D eigenvalue weighted by atomic mass is 16.4. The van der Waals surface area contributed by atoms with Gasteiger partial charge < -0.3 is 20.4 Å². The van der Waals surface area contributed by atoms with Crippen molar-refractivity contribution < 1.29 is 30.0 Å². The quantitative estimate of drug-likeness (QED) is 0.0476. The van der Waals surface area contributed by atoms with Gasteiger partial charge in [0.05, 0.1) is 13.2 Å². The third kappa shape index (κ3) is 62.0. The molecule has 0 aromatic heterocycles. The maximum atomic E-state index is 9.60. The third-order valence-corrected chi connectivity index (χ3v) is 7.54. The van der Waals surface area contributed by atoms with Crippen molar-refractivity contribution in [1.29, 1.82) is 0 Å². The number of aliphatic hydroxyl groups is 2. The van der Waals surface area contributed by atoms with Crippen molar-refractivity contribution in [2.75, 3.05) is 13.2 Å². The Morgan fingerprint density at radius 2 is 0.489 bits per heavy atom. The molecule has 0 unspecified atom stereocenters. The summed E-state index contributed by atoms with van der Waals surface area (Å²) in [5.41, 5.74) is 0.352. The highest BCUT2D eigenvalue weighted by molar-refractivity contribution is 5.85. The summed E-state index contributed by atoms with van der Waals surface area (Å²) < 4.78 is 0. The summed E-state index contributed by atoms with van der Waals surface area (Å²) in [7, 11) is 0. The van der Waals surface area contributed by atoms with Crippen LogP contribution in [0.25, 0.3) is 0 Å². The molecule has 0 rings (SSSR count). The number of unbranched alkanes of at least 4 members (excludes halogenated alkanes) is 26. The first-order valence-corrected chi connectivity index (χ1v) is 18.6. The molecule has 270 valence electrons. The second kappa shape index (κ2) is 46.8. The smallest absolute Gasteiger partial charge is 0.330 e. The number of aliphatic hydroxyl groups excluding tert-OH is 2. The van der Waals surface area contributed by atoms with E-state index in [0.717, 1.165) is 0 Å². The largest absolute Gasteiger partial charge is 0.478 e. The lowest BCUT2D eigenvalue weighted by Crippen LogP contribution is -1.92. The van der Waals surface area contributed by atoms with Gasteiger partial charge in [-0.2, -0.15) is 0 Å². The summed E-state index contributed by atoms with van der Waals surface area (Å²) >= 11 is 0. The van der Waals surface area contributed by atoms with Gasteiger partial charge in [-0.3, -0.25) is 0 Å². The summed E-state index contributed by atoms with van der Waals surface area (Å²) in [6, 6.07) is 0. The zero-order valence-electron chi connectivity index (χ0n) is 30.5. The third-order valence-electron chi connectivity index (χ3n) is 7.54. The lowest BCUT2D eigenvalue weighted by Gasteiger charge is -2.04. The number of carboxylic acid groups (broad SMARTS) is 2. The van der Waals surface area contributed by atoms with Crippen LogP contribution in [0.1, 0.15) is 201 Å². The molecule has 0 aliphatic heterocycles. The van der Waals surface area contributed by atoms with Crippen molar-refractivity contribution in [2.24, 2.45) is 0 Å². The van der Waals surface area contributed by atoms with Gasteiger partial charge in [-0.05, 0) is 13.8 Å². The van der Waals surface area contributed by atoms with Crippen LogP contribution in [0.3, 0.4) is 0 Å². The van der Waals surface area contributed by atoms with Crippen LogP contribution in [0, 0.1) is 0 Å². The van der Waals surface area contributed by atoms with Crippen LogP contribution in [0.4, 0.5) is 0 Å². The molecule has 0 aromatic carbocycles. The van der Waals surface area contributed by atoms with Gasteiger partial charge in [0.1, 0.15) is 0 Å². The standard InChI is InChI=1S/C29H60.2C4H6O2.C2H6O2/c1-3-5-7-9-11-13-15-17-19-21-23-25-27-29-28-26-24-22-20-18-16-14-12-10-8-6-4-2;2*1-3(2)4(5)6;3-1-2-4/h3-29H2,1-2H3;2*1H2,2H3,(H,5,6);3-4H,1-2H2. The van der Waals surface area contributed by atoms with E-state index in [0.29, 0.717) is 0 Å². The number of hydrogen-bond donors (Lipinski definition) is 4. The molecule has 6 heteroatoms. The molecule has 45 heavy (non-hydrogen) atoms. The fraction of sp³-hybridized carbons (Fsp3) is 0.846. The minimum absolute atomic E-state index is 0.125. The maximum absolute atomic E-state index is 9.60. The van der Waals surface area contributed by atoms with Crippen molar-refractivity contribution in [1.82, 2.24) is 0 Å². The average molecular weight is 643 g/mol. The molecule has 6 nitrogen and oxygen atoms in total. The summed E-state index contributed by atoms with van der Waals surface area (Å²) in [6.07, 6.45) is 39.9. The van der Waals surface area contributed by atoms with Crippen molar-refractivity contribution >= 4 is 11.9 Å². The number of rotatable bonds is 29. The van der Waals surface area contributed by atoms with E-state index in [9.17, 15) is 9.59 Å². The molecule has 0 amide bonds. The van der Waals surface area contributed by atoms with Gasteiger partial charge in [-0.25, -0.2) is 9.59 Å². The zero-order valence-corrected chi connectivity index (χ0v) is 30.5. The van der Waals surface area contributed by atoms with Crippen molar-refractivity contribution in [2.45, 2.75) is 201 Å². The lowest BCUT2D eigenvalue weighted by atomic mass is 10.0. The van der Waals surface area contributed by atoms with E-state index in [4.69, 9.17) is 20.4 Å². The fourth-order valence-corrected chi connectivity index (χ4v) is 4.57. The van der Waals surface area contributed by atoms with Crippen LogP contribution < -0.4 is 0 Å². The van der Waals surface area contributed by atoms with Gasteiger partial charge in [-0.1, -0.05) is 200 Å². The van der Waals surface area contributed by atoms with Gasteiger partial charge in [-0.15, -0.1) is 0 Å². The number of carbonyl (C=O) groups is 2. The molecule has 0 atom stereocenters. The van der Waals surface area contributed by atoms with Gasteiger partial charge in [0.25, 0.3) is 0 Å². The topological polar surface area (TPSA) is 115 Å². The van der Waals surface area contributed by atoms with Crippen LogP contribution in [0.5, 0.6) is 0 Å². The highest BCUT2D eigenvalue weighted by Crippen LogP contribution is 2.16. The van der Waals surface area contributed by atoms with E-state index in [1.165, 1.54) is 187 Å². The molecule has 0 spiro atoms. The normalized spacial score (nSPS) is 10.0. The van der Waals surface area contributed by atoms with Crippen molar-refractivity contribution in [3.8, 4) is 0 Å². The van der Waals surface area contributed by atoms with E-state index >= 15 is 0 Å². The molecule has 0 aliphatic rings. The molecule has 0 fully saturated rings. The van der Waals surface area contributed by atoms with E-state index in [1.54, 1.807) is 0 Å². The van der Waals surface area contributed by atoms with Gasteiger partial charge in [0.2, 0.25) is 0 Å². The van der Waals surface area contributed by atoms with E-state index in [2.05, 4.69) is 27.0 Å². The van der Waals surface area contributed by atoms with Gasteiger partial charge in [0.15, 0.2) is 0 Å². The SMILES string of the molecule is C=C(C)C(=O)O.C=C(C)C(=O)O.CCCCCCCCCCCCCCCCCCCCCCCCCCCCC.OCCO. The summed E-state index contributed by atoms with van der Waals surface area (Å²) in [5, 5.41) is 31.0. The fourth-order valence-electron chi connectivity index (χ4n) is 4.57. The van der Waals surface area contributed by atoms with Crippen molar-refractivity contribution in [3.63, 3.8) is 0 Å². The Hall–Kier alpha value is -1.66. The summed E-state index contributed by atoms with van der Waals surface area (Å²) in [5.74, 6) is -1.87. The Morgan fingerprint density at radius 3 is 0.556 bits per heavy atom. The number of hydrogen-bond acceptors (Lipinski definition) is 4. The molecule has 0 saturated heterocycles. The Kier molecular flexibility index (Phi) is 52.2. The molecular weight excluding hydrogens is 564 g/mol. The monoisotopic (exact) mass is 643 g/mol. The molecular formula is C39H78O6. The van der Waals surface area contributed by atoms with Crippen molar-refractivity contribution in [3.05, 3.63) is 24.3 Å². The lowest BCUT2D eigenvalue weighted by molar-refractivity contribution is -0.133. The first-order valence-electron chi connectivity index (χ1n) is 18.6. The second-order valence-corrected chi connectivity index (χ2v) is 12.5. The summed E-state index contributed by atoms with van der Waals surface area (Å²) in [6.45, 7) is 13.6. The van der Waals surface area contributed by atoms with Crippen LogP contribution >= 0.6 is 0 Å². The van der Waals surface area contributed by atoms with E-state index in [-0.39, 0.29) is 24.4 Å². The Balaban J connectivity index is -0.000000426. The van der Waals surface area contributed by atoms with E-state index in [1.807, 2.05) is 0 Å². The van der Waals surface area contributed by atoms with Crippen LogP contribution in [-0.4, -0.2) is 45.6 Å². The van der Waals surface area contributed by atoms with E-state index < -0.39 is 11.9 Å². The molecule has 0 saturated carbocycles. The Bertz CT molecular complexity index is 541. The molecule has 4 N–H and O–H groups in total. The molecule has 0 radical (unpaired) electrons. The maximum Gasteiger partial charge on any atom is 0.330 e. The average Bonchev–Trinajstić information content (AvgIpc) is 3.01. The van der Waals surface area contributed by atoms with Crippen LogP contribution in [0.2, 0.25) is 0 Å². The minimum Gasteiger partial charge on any atom is -0.478 e. The second-order valence-electron chi connectivity index (χ2n) is 12.5. The predicted molar refractivity (Wildman–Crippen MR) is 195 cm³/mol. The molecule has 0 bridgehead atoms. The molecule has 0 aliphatic carbocycles. The summed E-state index contributed by atoms with van der Waals surface area (Å²) in [4.78, 5) is 19.2. The first kappa shape index (κ1) is 50.2. The van der Waals surface area contributed by atoms with Gasteiger partial charge >= 0.3 is 11.9 Å². The van der Waals surface area contributed by atoms with Gasteiger partial charge in [0, 0.05) is 11.1 Å². The number of carboxylic acids is 2. The van der Waals surface area contributed by atoms with Crippen LogP contribution in [0.15, 0.2) is 24.3 Å². The zero-order chi connectivity index (χ0) is 34.8. The number of aliphatic carboxylic acids is 2. The first-order chi connectivity index (χ1) is 21.6. The predicted octanol–water partition coefficient (Wildman–Crippen LogP) is 11.8. The van der Waals surface area contributed by atoms with Crippen LogP contribution in [-0.2, 0) is 9.59 Å². The molecule has 0 heterocycles. The Labute approximate surface area is 280 Å². The molecule has 0 aromatic rings. The Morgan fingerprint density at radius 1 is 0.378 bits per heavy atom.